The van der Waals surface area contributed by atoms with Gasteiger partial charge in [-0.25, -0.2) is 9.97 Å². The third-order valence-electron chi connectivity index (χ3n) is 5.48. The van der Waals surface area contributed by atoms with Crippen LogP contribution in [0.5, 0.6) is 0 Å². The average molecular weight is 487 g/mol. The molecular weight excluding hydrogens is 460 g/mol. The minimum atomic E-state index is -0.348. The van der Waals surface area contributed by atoms with Gasteiger partial charge in [-0.3, -0.25) is 19.0 Å². The Morgan fingerprint density at radius 1 is 1.21 bits per heavy atom. The lowest BCUT2D eigenvalue weighted by Crippen LogP contribution is -2.29. The molecule has 1 aromatic carbocycles. The van der Waals surface area contributed by atoms with Crippen molar-refractivity contribution in [3.8, 4) is 0 Å². The van der Waals surface area contributed by atoms with Gasteiger partial charge in [-0.15, -0.1) is 11.3 Å². The van der Waals surface area contributed by atoms with Gasteiger partial charge in [0.15, 0.2) is 10.3 Å². The highest BCUT2D eigenvalue weighted by Crippen LogP contribution is 2.31. The molecule has 1 fully saturated rings. The first kappa shape index (κ1) is 23.4. The van der Waals surface area contributed by atoms with E-state index in [1.807, 2.05) is 24.3 Å². The number of fused-ring (bicyclic) bond motifs is 1. The largest absolute Gasteiger partial charge is 0.466 e. The second-order valence-corrected chi connectivity index (χ2v) is 9.64. The maximum absolute atomic E-state index is 13.3. The molecule has 0 atom stereocenters. The van der Waals surface area contributed by atoms with Crippen LogP contribution in [0, 0.1) is 0 Å². The van der Waals surface area contributed by atoms with Gasteiger partial charge in [0.25, 0.3) is 5.56 Å². The molecule has 33 heavy (non-hydrogen) atoms. The van der Waals surface area contributed by atoms with Crippen molar-refractivity contribution in [2.75, 3.05) is 17.7 Å². The highest BCUT2D eigenvalue weighted by Gasteiger charge is 2.22. The fourth-order valence-corrected chi connectivity index (χ4v) is 5.57. The molecule has 1 aliphatic rings. The number of hydrogen-bond donors (Lipinski definition) is 1. The van der Waals surface area contributed by atoms with Crippen molar-refractivity contribution in [2.45, 2.75) is 56.6 Å². The first-order valence-electron chi connectivity index (χ1n) is 11.1. The maximum Gasteiger partial charge on any atom is 0.311 e. The summed E-state index contributed by atoms with van der Waals surface area (Å²) in [5.74, 6) is -0.487. The van der Waals surface area contributed by atoms with E-state index in [2.05, 4.69) is 10.3 Å². The Morgan fingerprint density at radius 3 is 2.79 bits per heavy atom. The van der Waals surface area contributed by atoms with Crippen LogP contribution in [-0.2, 0) is 20.7 Å². The van der Waals surface area contributed by atoms with E-state index in [-0.39, 0.29) is 35.7 Å². The molecule has 0 aliphatic heterocycles. The minimum absolute atomic E-state index is 0.0426. The van der Waals surface area contributed by atoms with Crippen LogP contribution in [0.1, 0.15) is 50.8 Å². The van der Waals surface area contributed by atoms with Crippen LogP contribution in [0.15, 0.2) is 39.6 Å². The summed E-state index contributed by atoms with van der Waals surface area (Å²) in [6.07, 6.45) is 5.33. The number of ether oxygens (including phenoxy) is 1. The van der Waals surface area contributed by atoms with Crippen LogP contribution in [-0.4, -0.2) is 38.8 Å². The number of para-hydroxylation sites is 1. The van der Waals surface area contributed by atoms with Crippen LogP contribution >= 0.6 is 23.1 Å². The van der Waals surface area contributed by atoms with Gasteiger partial charge in [0.2, 0.25) is 5.91 Å². The Hall–Kier alpha value is -2.72. The number of benzene rings is 1. The van der Waals surface area contributed by atoms with Crippen LogP contribution in [0.25, 0.3) is 10.9 Å². The summed E-state index contributed by atoms with van der Waals surface area (Å²) in [4.78, 5) is 46.5. The highest BCUT2D eigenvalue weighted by atomic mass is 32.2. The normalized spacial score (nSPS) is 14.3. The van der Waals surface area contributed by atoms with Crippen molar-refractivity contribution in [3.63, 3.8) is 0 Å². The molecule has 0 radical (unpaired) electrons. The predicted molar refractivity (Wildman–Crippen MR) is 130 cm³/mol. The number of amides is 1. The molecule has 0 spiro atoms. The molecule has 2 aromatic heterocycles. The smallest absolute Gasteiger partial charge is 0.311 e. The van der Waals surface area contributed by atoms with E-state index in [1.165, 1.54) is 29.5 Å². The molecule has 0 unspecified atom stereocenters. The number of anilines is 1. The van der Waals surface area contributed by atoms with Crippen molar-refractivity contribution in [2.24, 2.45) is 0 Å². The SMILES string of the molecule is CCOC(=O)Cc1csc(NC(=O)CSc2nc3ccccc3c(=O)n2C2CCCCC2)n1. The lowest BCUT2D eigenvalue weighted by Gasteiger charge is -2.26. The van der Waals surface area contributed by atoms with E-state index >= 15 is 0 Å². The second-order valence-electron chi connectivity index (χ2n) is 7.84. The number of thioether (sulfide) groups is 1. The lowest BCUT2D eigenvalue weighted by atomic mass is 9.95. The Balaban J connectivity index is 1.47. The molecule has 8 nitrogen and oxygen atoms in total. The van der Waals surface area contributed by atoms with Gasteiger partial charge in [0.1, 0.15) is 0 Å². The van der Waals surface area contributed by atoms with E-state index < -0.39 is 0 Å². The summed E-state index contributed by atoms with van der Waals surface area (Å²) in [6.45, 7) is 2.07. The molecule has 0 saturated heterocycles. The molecule has 1 aliphatic carbocycles. The van der Waals surface area contributed by atoms with Crippen LogP contribution in [0.2, 0.25) is 0 Å². The average Bonchev–Trinajstić information content (AvgIpc) is 3.25. The van der Waals surface area contributed by atoms with Crippen molar-refractivity contribution >= 4 is 51.0 Å². The molecule has 174 valence electrons. The van der Waals surface area contributed by atoms with Gasteiger partial charge in [-0.05, 0) is 31.9 Å². The van der Waals surface area contributed by atoms with Gasteiger partial charge in [0, 0.05) is 11.4 Å². The van der Waals surface area contributed by atoms with Crippen LogP contribution in [0.3, 0.4) is 0 Å². The molecule has 1 amide bonds. The van der Waals surface area contributed by atoms with Crippen LogP contribution in [0.4, 0.5) is 5.13 Å². The molecule has 3 aromatic rings. The first-order chi connectivity index (χ1) is 16.0. The number of aromatic nitrogens is 3. The summed E-state index contributed by atoms with van der Waals surface area (Å²) in [7, 11) is 0. The van der Waals surface area contributed by atoms with Gasteiger partial charge in [-0.1, -0.05) is 43.2 Å². The predicted octanol–water partition coefficient (Wildman–Crippen LogP) is 4.19. The number of carbonyl (C=O) groups is 2. The van der Waals surface area contributed by atoms with Crippen molar-refractivity contribution in [3.05, 3.63) is 45.7 Å². The number of hydrogen-bond acceptors (Lipinski definition) is 8. The van der Waals surface area contributed by atoms with Crippen molar-refractivity contribution < 1.29 is 14.3 Å². The number of nitrogens with zero attached hydrogens (tertiary/aromatic N) is 3. The Bertz CT molecular complexity index is 1200. The van der Waals surface area contributed by atoms with E-state index in [4.69, 9.17) is 9.72 Å². The zero-order valence-electron chi connectivity index (χ0n) is 18.4. The number of esters is 1. The second kappa shape index (κ2) is 10.9. The third kappa shape index (κ3) is 5.80. The molecule has 2 heterocycles. The lowest BCUT2D eigenvalue weighted by molar-refractivity contribution is -0.142. The number of rotatable bonds is 8. The zero-order valence-corrected chi connectivity index (χ0v) is 20.0. The zero-order chi connectivity index (χ0) is 23.2. The number of thiazole rings is 1. The summed E-state index contributed by atoms with van der Waals surface area (Å²) in [5, 5.41) is 6.10. The van der Waals surface area contributed by atoms with E-state index in [1.54, 1.807) is 16.9 Å². The van der Waals surface area contributed by atoms with Gasteiger partial charge >= 0.3 is 5.97 Å². The Kier molecular flexibility index (Phi) is 7.77. The minimum Gasteiger partial charge on any atom is -0.466 e. The summed E-state index contributed by atoms with van der Waals surface area (Å²) >= 11 is 2.52. The molecule has 1 saturated carbocycles. The molecule has 4 rings (SSSR count). The monoisotopic (exact) mass is 486 g/mol. The molecule has 10 heteroatoms. The fourth-order valence-electron chi connectivity index (χ4n) is 3.98. The van der Waals surface area contributed by atoms with E-state index in [0.717, 1.165) is 25.7 Å². The molecule has 1 N–H and O–H groups in total. The number of carbonyl (C=O) groups excluding carboxylic acids is 2. The van der Waals surface area contributed by atoms with Gasteiger partial charge in [-0.2, -0.15) is 0 Å². The molecule has 0 bridgehead atoms. The highest BCUT2D eigenvalue weighted by molar-refractivity contribution is 7.99. The van der Waals surface area contributed by atoms with Crippen LogP contribution < -0.4 is 10.9 Å². The first-order valence-corrected chi connectivity index (χ1v) is 13.0. The van der Waals surface area contributed by atoms with Gasteiger partial charge < -0.3 is 10.1 Å². The quantitative estimate of drug-likeness (QED) is 0.289. The Labute approximate surface area is 199 Å². The topological polar surface area (TPSA) is 103 Å². The third-order valence-corrected chi connectivity index (χ3v) is 7.24. The van der Waals surface area contributed by atoms with E-state index in [9.17, 15) is 14.4 Å². The fraction of sp³-hybridized carbons (Fsp3) is 0.435. The molecular formula is C23H26N4O4S2. The van der Waals surface area contributed by atoms with E-state index in [0.29, 0.717) is 33.5 Å². The standard InChI is InChI=1S/C23H26N4O4S2/c1-2-31-20(29)12-15-13-32-22(24-15)26-19(28)14-33-23-25-18-11-7-6-10-17(18)21(30)27(23)16-8-4-3-5-9-16/h6-7,10-11,13,16H,2-5,8-9,12,14H2,1H3,(H,24,26,28). The van der Waals surface area contributed by atoms with Crippen molar-refractivity contribution in [1.82, 2.24) is 14.5 Å². The van der Waals surface area contributed by atoms with Crippen molar-refractivity contribution in [1.29, 1.82) is 0 Å². The summed E-state index contributed by atoms with van der Waals surface area (Å²) in [5.41, 5.74) is 1.16. The maximum atomic E-state index is 13.3. The van der Waals surface area contributed by atoms with Gasteiger partial charge in [0.05, 0.1) is 35.4 Å². The number of nitrogens with one attached hydrogen (secondary N) is 1. The Morgan fingerprint density at radius 2 is 2.00 bits per heavy atom. The summed E-state index contributed by atoms with van der Waals surface area (Å²) in [6, 6.07) is 7.45. The summed E-state index contributed by atoms with van der Waals surface area (Å²) < 4.78 is 6.72.